The molecule has 0 radical (unpaired) electrons. The summed E-state index contributed by atoms with van der Waals surface area (Å²) in [6, 6.07) is 0. The summed E-state index contributed by atoms with van der Waals surface area (Å²) in [6.07, 6.45) is -0.108. The third kappa shape index (κ3) is 1.40. The molecule has 2 atom stereocenters. The fourth-order valence-corrected chi connectivity index (χ4v) is 1.61. The second kappa shape index (κ2) is 3.07. The van der Waals surface area contributed by atoms with E-state index < -0.39 is 11.7 Å². The summed E-state index contributed by atoms with van der Waals surface area (Å²) in [7, 11) is 3.56. The smallest absolute Gasteiger partial charge is 0.122 e. The molecule has 0 N–H and O–H groups in total. The van der Waals surface area contributed by atoms with Crippen LogP contribution in [0.4, 0.5) is 4.39 Å². The first-order valence-electron chi connectivity index (χ1n) is 3.95. The summed E-state index contributed by atoms with van der Waals surface area (Å²) in [5.74, 6) is 0. The number of hydrogen-bond acceptors (Lipinski definition) is 2. The van der Waals surface area contributed by atoms with Crippen molar-refractivity contribution in [2.24, 2.45) is 0 Å². The van der Waals surface area contributed by atoms with Crippen LogP contribution in [-0.4, -0.2) is 43.9 Å². The van der Waals surface area contributed by atoms with Crippen LogP contribution in [0.3, 0.4) is 0 Å². The van der Waals surface area contributed by atoms with E-state index in [9.17, 15) is 4.39 Å². The van der Waals surface area contributed by atoms with Gasteiger partial charge in [-0.1, -0.05) is 0 Å². The van der Waals surface area contributed by atoms with Crippen molar-refractivity contribution in [3.05, 3.63) is 0 Å². The molecule has 0 unspecified atom stereocenters. The highest BCUT2D eigenvalue weighted by Gasteiger charge is 2.43. The lowest BCUT2D eigenvalue weighted by Crippen LogP contribution is -2.47. The van der Waals surface area contributed by atoms with Crippen molar-refractivity contribution in [2.75, 3.05) is 27.3 Å². The molecule has 0 aromatic carbocycles. The quantitative estimate of drug-likeness (QED) is 0.600. The molecule has 1 rings (SSSR count). The molecule has 3 heteroatoms. The van der Waals surface area contributed by atoms with Crippen molar-refractivity contribution in [1.29, 1.82) is 0 Å². The minimum Gasteiger partial charge on any atom is -0.383 e. The van der Waals surface area contributed by atoms with Crippen molar-refractivity contribution in [3.8, 4) is 0 Å². The first-order valence-corrected chi connectivity index (χ1v) is 3.95. The van der Waals surface area contributed by atoms with Crippen LogP contribution in [0.25, 0.3) is 0 Å². The van der Waals surface area contributed by atoms with E-state index in [1.807, 2.05) is 18.9 Å². The lowest BCUT2D eigenvalue weighted by Gasteiger charge is -2.32. The van der Waals surface area contributed by atoms with Gasteiger partial charge in [-0.15, -0.1) is 0 Å². The highest BCUT2D eigenvalue weighted by atomic mass is 19.1. The van der Waals surface area contributed by atoms with E-state index in [4.69, 9.17) is 4.74 Å². The molecule has 1 aliphatic heterocycles. The van der Waals surface area contributed by atoms with Gasteiger partial charge in [0.25, 0.3) is 0 Å². The Morgan fingerprint density at radius 3 is 2.73 bits per heavy atom. The Hall–Kier alpha value is -0.150. The molecule has 0 aliphatic carbocycles. The van der Waals surface area contributed by atoms with Crippen LogP contribution in [0.15, 0.2) is 0 Å². The maximum absolute atomic E-state index is 13.3. The molecular formula is C8H16FNO. The molecule has 2 nitrogen and oxygen atoms in total. The van der Waals surface area contributed by atoms with Gasteiger partial charge in [-0.05, 0) is 20.4 Å². The number of alkyl halides is 1. The molecule has 66 valence electrons. The Kier molecular flexibility index (Phi) is 2.50. The van der Waals surface area contributed by atoms with Crippen LogP contribution < -0.4 is 0 Å². The van der Waals surface area contributed by atoms with Gasteiger partial charge in [-0.25, -0.2) is 4.39 Å². The standard InChI is InChI=1S/C8H16FNO/c1-8(6-11-3)7(9)4-5-10(8)2/h7H,4-6H2,1-3H3/t7-,8+/m0/s1. The van der Waals surface area contributed by atoms with Gasteiger partial charge in [0, 0.05) is 13.7 Å². The van der Waals surface area contributed by atoms with Gasteiger partial charge < -0.3 is 4.74 Å². The van der Waals surface area contributed by atoms with E-state index in [1.54, 1.807) is 7.11 Å². The van der Waals surface area contributed by atoms with Gasteiger partial charge in [-0.3, -0.25) is 4.90 Å². The molecule has 0 amide bonds. The van der Waals surface area contributed by atoms with E-state index in [0.29, 0.717) is 13.0 Å². The number of ether oxygens (including phenoxy) is 1. The summed E-state index contributed by atoms with van der Waals surface area (Å²) < 4.78 is 18.3. The van der Waals surface area contributed by atoms with E-state index >= 15 is 0 Å². The molecular weight excluding hydrogens is 145 g/mol. The average Bonchev–Trinajstić information content (AvgIpc) is 2.19. The van der Waals surface area contributed by atoms with Crippen LogP contribution in [0.1, 0.15) is 13.3 Å². The fraction of sp³-hybridized carbons (Fsp3) is 1.00. The van der Waals surface area contributed by atoms with Gasteiger partial charge in [0.1, 0.15) is 6.17 Å². The van der Waals surface area contributed by atoms with Gasteiger partial charge >= 0.3 is 0 Å². The molecule has 0 aromatic heterocycles. The summed E-state index contributed by atoms with van der Waals surface area (Å²) in [6.45, 7) is 3.22. The molecule has 11 heavy (non-hydrogen) atoms. The molecule has 0 saturated carbocycles. The predicted molar refractivity (Wildman–Crippen MR) is 42.4 cm³/mol. The van der Waals surface area contributed by atoms with Crippen LogP contribution >= 0.6 is 0 Å². The largest absolute Gasteiger partial charge is 0.383 e. The predicted octanol–water partition coefficient (Wildman–Crippen LogP) is 1.07. The van der Waals surface area contributed by atoms with Crippen LogP contribution in [0.2, 0.25) is 0 Å². The molecule has 0 bridgehead atoms. The Bertz CT molecular complexity index is 130. The number of rotatable bonds is 2. The van der Waals surface area contributed by atoms with Crippen LogP contribution in [-0.2, 0) is 4.74 Å². The normalized spacial score (nSPS) is 39.8. The topological polar surface area (TPSA) is 12.5 Å². The number of nitrogens with zero attached hydrogens (tertiary/aromatic N) is 1. The van der Waals surface area contributed by atoms with Crippen molar-refractivity contribution < 1.29 is 9.13 Å². The zero-order valence-electron chi connectivity index (χ0n) is 7.43. The number of hydrogen-bond donors (Lipinski definition) is 0. The molecule has 0 aromatic rings. The van der Waals surface area contributed by atoms with Crippen molar-refractivity contribution in [2.45, 2.75) is 25.1 Å². The van der Waals surface area contributed by atoms with Gasteiger partial charge in [0.15, 0.2) is 0 Å². The highest BCUT2D eigenvalue weighted by Crippen LogP contribution is 2.30. The molecule has 1 heterocycles. The van der Waals surface area contributed by atoms with Crippen LogP contribution in [0, 0.1) is 0 Å². The Labute approximate surface area is 67.3 Å². The summed E-state index contributed by atoms with van der Waals surface area (Å²) in [5.41, 5.74) is -0.394. The second-order valence-electron chi connectivity index (χ2n) is 3.47. The zero-order chi connectivity index (χ0) is 8.48. The Balaban J connectivity index is 2.63. The monoisotopic (exact) mass is 161 g/mol. The second-order valence-corrected chi connectivity index (χ2v) is 3.47. The number of likely N-dealkylation sites (tertiary alicyclic amines) is 1. The number of likely N-dealkylation sites (N-methyl/N-ethyl adjacent to an activating group) is 1. The first-order chi connectivity index (χ1) is 5.11. The minimum atomic E-state index is -0.743. The lowest BCUT2D eigenvalue weighted by molar-refractivity contribution is 0.0269. The minimum absolute atomic E-state index is 0.394. The Morgan fingerprint density at radius 1 is 1.73 bits per heavy atom. The number of methoxy groups -OCH3 is 1. The van der Waals surface area contributed by atoms with Gasteiger partial charge in [-0.2, -0.15) is 0 Å². The summed E-state index contributed by atoms with van der Waals surface area (Å²) in [4.78, 5) is 2.03. The van der Waals surface area contributed by atoms with E-state index in [0.717, 1.165) is 6.54 Å². The highest BCUT2D eigenvalue weighted by molar-refractivity contribution is 4.97. The van der Waals surface area contributed by atoms with E-state index in [2.05, 4.69) is 0 Å². The molecule has 0 spiro atoms. The molecule has 1 aliphatic rings. The molecule has 1 fully saturated rings. The van der Waals surface area contributed by atoms with Gasteiger partial charge in [0.05, 0.1) is 12.1 Å². The SMILES string of the molecule is COC[C@]1(C)[C@@H](F)CCN1C. The fourth-order valence-electron chi connectivity index (χ4n) is 1.61. The summed E-state index contributed by atoms with van der Waals surface area (Å²) >= 11 is 0. The lowest BCUT2D eigenvalue weighted by atomic mass is 9.99. The molecule has 1 saturated heterocycles. The first kappa shape index (κ1) is 8.94. The van der Waals surface area contributed by atoms with E-state index in [-0.39, 0.29) is 0 Å². The third-order valence-corrected chi connectivity index (χ3v) is 2.70. The van der Waals surface area contributed by atoms with E-state index in [1.165, 1.54) is 0 Å². The zero-order valence-corrected chi connectivity index (χ0v) is 7.43. The maximum Gasteiger partial charge on any atom is 0.122 e. The maximum atomic E-state index is 13.3. The number of halogens is 1. The van der Waals surface area contributed by atoms with Crippen LogP contribution in [0.5, 0.6) is 0 Å². The summed E-state index contributed by atoms with van der Waals surface area (Å²) in [5, 5.41) is 0. The van der Waals surface area contributed by atoms with Crippen molar-refractivity contribution in [3.63, 3.8) is 0 Å². The van der Waals surface area contributed by atoms with Gasteiger partial charge in [0.2, 0.25) is 0 Å². The van der Waals surface area contributed by atoms with Crippen molar-refractivity contribution in [1.82, 2.24) is 4.90 Å². The Morgan fingerprint density at radius 2 is 2.36 bits per heavy atom. The van der Waals surface area contributed by atoms with Crippen molar-refractivity contribution >= 4 is 0 Å². The third-order valence-electron chi connectivity index (χ3n) is 2.70. The average molecular weight is 161 g/mol.